The minimum Gasteiger partial charge on any atom is -0.469 e. The molecule has 1 aliphatic rings. The molecule has 0 aromatic heterocycles. The molecule has 0 bridgehead atoms. The van der Waals surface area contributed by atoms with Gasteiger partial charge in [0.15, 0.2) is 0 Å². The summed E-state index contributed by atoms with van der Waals surface area (Å²) in [6.07, 6.45) is 2.10. The summed E-state index contributed by atoms with van der Waals surface area (Å²) >= 11 is 0. The van der Waals surface area contributed by atoms with Gasteiger partial charge < -0.3 is 15.4 Å². The van der Waals surface area contributed by atoms with E-state index in [2.05, 4.69) is 0 Å². The second kappa shape index (κ2) is 6.18. The number of methoxy groups -OCH3 is 1. The molecule has 1 fully saturated rings. The van der Waals surface area contributed by atoms with E-state index in [-0.39, 0.29) is 17.8 Å². The van der Waals surface area contributed by atoms with E-state index in [0.717, 1.165) is 6.42 Å². The van der Waals surface area contributed by atoms with E-state index < -0.39 is 5.41 Å². The normalized spacial score (nSPS) is 20.3. The maximum absolute atomic E-state index is 12.4. The summed E-state index contributed by atoms with van der Waals surface area (Å²) in [4.78, 5) is 25.6. The van der Waals surface area contributed by atoms with Crippen LogP contribution in [-0.4, -0.2) is 43.5 Å². The van der Waals surface area contributed by atoms with Crippen LogP contribution in [0.15, 0.2) is 0 Å². The summed E-state index contributed by atoms with van der Waals surface area (Å²) in [5.41, 5.74) is 5.23. The molecule has 5 heteroatoms. The van der Waals surface area contributed by atoms with Gasteiger partial charge >= 0.3 is 5.97 Å². The van der Waals surface area contributed by atoms with Crippen molar-refractivity contribution in [1.82, 2.24) is 4.90 Å². The number of piperidine rings is 1. The number of amides is 1. The van der Waals surface area contributed by atoms with Gasteiger partial charge in [-0.2, -0.15) is 0 Å². The molecule has 2 N–H and O–H groups in total. The zero-order valence-electron chi connectivity index (χ0n) is 11.6. The lowest BCUT2D eigenvalue weighted by molar-refractivity contribution is -0.151. The second-order valence-corrected chi connectivity index (χ2v) is 5.21. The zero-order chi connectivity index (χ0) is 13.8. The number of hydrogen-bond acceptors (Lipinski definition) is 4. The van der Waals surface area contributed by atoms with E-state index in [0.29, 0.717) is 32.5 Å². The molecule has 1 amide bonds. The fourth-order valence-corrected chi connectivity index (χ4v) is 2.25. The summed E-state index contributed by atoms with van der Waals surface area (Å²) in [6.45, 7) is 5.48. The van der Waals surface area contributed by atoms with Crippen molar-refractivity contribution in [2.24, 2.45) is 17.1 Å². The van der Waals surface area contributed by atoms with E-state index in [1.165, 1.54) is 7.11 Å². The summed E-state index contributed by atoms with van der Waals surface area (Å²) in [7, 11) is 1.41. The molecular weight excluding hydrogens is 232 g/mol. The Balaban J connectivity index is 2.58. The third-order valence-electron chi connectivity index (χ3n) is 4.06. The van der Waals surface area contributed by atoms with Gasteiger partial charge in [-0.1, -0.05) is 6.92 Å². The Morgan fingerprint density at radius 1 is 1.39 bits per heavy atom. The minimum absolute atomic E-state index is 0.0650. The largest absolute Gasteiger partial charge is 0.469 e. The molecular formula is C13H24N2O3. The molecule has 0 aliphatic carbocycles. The number of hydrogen-bond donors (Lipinski definition) is 1. The number of nitrogens with zero attached hydrogens (tertiary/aromatic N) is 1. The average Bonchev–Trinajstić information content (AvgIpc) is 2.44. The van der Waals surface area contributed by atoms with Crippen LogP contribution < -0.4 is 5.73 Å². The summed E-state index contributed by atoms with van der Waals surface area (Å²) < 4.78 is 4.73. The molecule has 1 heterocycles. The van der Waals surface area contributed by atoms with Gasteiger partial charge in [0.1, 0.15) is 0 Å². The second-order valence-electron chi connectivity index (χ2n) is 5.21. The maximum Gasteiger partial charge on any atom is 0.308 e. The molecule has 1 saturated heterocycles. The van der Waals surface area contributed by atoms with Gasteiger partial charge in [0.2, 0.25) is 5.91 Å². The van der Waals surface area contributed by atoms with Crippen LogP contribution in [0.25, 0.3) is 0 Å². The number of rotatable bonds is 4. The molecule has 18 heavy (non-hydrogen) atoms. The van der Waals surface area contributed by atoms with Crippen molar-refractivity contribution >= 4 is 11.9 Å². The van der Waals surface area contributed by atoms with Gasteiger partial charge in [-0.15, -0.1) is 0 Å². The predicted octanol–water partition coefficient (Wildman–Crippen LogP) is 0.773. The first kappa shape index (κ1) is 15.0. The molecule has 0 radical (unpaired) electrons. The third kappa shape index (κ3) is 3.02. The van der Waals surface area contributed by atoms with Crippen LogP contribution >= 0.6 is 0 Å². The smallest absolute Gasteiger partial charge is 0.308 e. The van der Waals surface area contributed by atoms with Gasteiger partial charge in [-0.25, -0.2) is 0 Å². The molecule has 0 aromatic rings. The van der Waals surface area contributed by atoms with Crippen molar-refractivity contribution < 1.29 is 14.3 Å². The third-order valence-corrected chi connectivity index (χ3v) is 4.06. The molecule has 0 saturated carbocycles. The van der Waals surface area contributed by atoms with E-state index in [4.69, 9.17) is 10.5 Å². The Hall–Kier alpha value is -1.10. The number of esters is 1. The number of carbonyl (C=O) groups excluding carboxylic acids is 2. The van der Waals surface area contributed by atoms with Crippen molar-refractivity contribution in [1.29, 1.82) is 0 Å². The van der Waals surface area contributed by atoms with E-state index >= 15 is 0 Å². The zero-order valence-corrected chi connectivity index (χ0v) is 11.6. The average molecular weight is 256 g/mol. The molecule has 1 atom stereocenters. The lowest BCUT2D eigenvalue weighted by atomic mass is 9.85. The van der Waals surface area contributed by atoms with Crippen LogP contribution in [0.2, 0.25) is 0 Å². The van der Waals surface area contributed by atoms with Gasteiger partial charge in [0.25, 0.3) is 0 Å². The highest BCUT2D eigenvalue weighted by molar-refractivity contribution is 5.83. The maximum atomic E-state index is 12.4. The number of likely N-dealkylation sites (tertiary alicyclic amines) is 1. The van der Waals surface area contributed by atoms with Gasteiger partial charge in [-0.05, 0) is 26.2 Å². The van der Waals surface area contributed by atoms with Gasteiger partial charge in [0.05, 0.1) is 18.4 Å². The summed E-state index contributed by atoms with van der Waals surface area (Å²) in [6, 6.07) is 0. The van der Waals surface area contributed by atoms with Crippen LogP contribution in [-0.2, 0) is 14.3 Å². The lowest BCUT2D eigenvalue weighted by Gasteiger charge is -2.37. The van der Waals surface area contributed by atoms with Crippen LogP contribution in [0.4, 0.5) is 0 Å². The first-order valence-electron chi connectivity index (χ1n) is 6.55. The highest BCUT2D eigenvalue weighted by Crippen LogP contribution is 2.26. The predicted molar refractivity (Wildman–Crippen MR) is 68.8 cm³/mol. The number of carbonyl (C=O) groups is 2. The highest BCUT2D eigenvalue weighted by Gasteiger charge is 2.36. The molecule has 1 rings (SSSR count). The topological polar surface area (TPSA) is 72.6 Å². The fraction of sp³-hybridized carbons (Fsp3) is 0.846. The van der Waals surface area contributed by atoms with Crippen molar-refractivity contribution in [3.8, 4) is 0 Å². The molecule has 0 spiro atoms. The SMILES string of the molecule is CCC(C)(CN)C(=O)N1CCC(C(=O)OC)CC1. The van der Waals surface area contributed by atoms with Crippen LogP contribution in [0, 0.1) is 11.3 Å². The van der Waals surface area contributed by atoms with Crippen molar-refractivity contribution in [2.45, 2.75) is 33.1 Å². The van der Waals surface area contributed by atoms with Crippen LogP contribution in [0.3, 0.4) is 0 Å². The first-order chi connectivity index (χ1) is 8.48. The monoisotopic (exact) mass is 256 g/mol. The van der Waals surface area contributed by atoms with E-state index in [9.17, 15) is 9.59 Å². The molecule has 5 nitrogen and oxygen atoms in total. The highest BCUT2D eigenvalue weighted by atomic mass is 16.5. The Labute approximate surface area is 109 Å². The molecule has 104 valence electrons. The summed E-state index contributed by atoms with van der Waals surface area (Å²) in [5, 5.41) is 0. The van der Waals surface area contributed by atoms with Crippen molar-refractivity contribution in [3.63, 3.8) is 0 Å². The Morgan fingerprint density at radius 3 is 2.33 bits per heavy atom. The van der Waals surface area contributed by atoms with Crippen molar-refractivity contribution in [3.05, 3.63) is 0 Å². The fourth-order valence-electron chi connectivity index (χ4n) is 2.25. The van der Waals surface area contributed by atoms with Crippen molar-refractivity contribution in [2.75, 3.05) is 26.7 Å². The van der Waals surface area contributed by atoms with E-state index in [1.54, 1.807) is 0 Å². The number of ether oxygens (including phenoxy) is 1. The Kier molecular flexibility index (Phi) is 5.14. The van der Waals surface area contributed by atoms with Gasteiger partial charge in [-0.3, -0.25) is 9.59 Å². The standard InChI is InChI=1S/C13H24N2O3/c1-4-13(2,9-14)12(17)15-7-5-10(6-8-15)11(16)18-3/h10H,4-9,14H2,1-3H3. The van der Waals surface area contributed by atoms with Crippen LogP contribution in [0.1, 0.15) is 33.1 Å². The quantitative estimate of drug-likeness (QED) is 0.754. The molecule has 1 aliphatic heterocycles. The lowest BCUT2D eigenvalue weighted by Crippen LogP contribution is -2.49. The molecule has 0 aromatic carbocycles. The van der Waals surface area contributed by atoms with Gasteiger partial charge in [0, 0.05) is 19.6 Å². The van der Waals surface area contributed by atoms with E-state index in [1.807, 2.05) is 18.7 Å². The Bertz CT molecular complexity index is 305. The summed E-state index contributed by atoms with van der Waals surface area (Å²) in [5.74, 6) is -0.125. The first-order valence-corrected chi connectivity index (χ1v) is 6.55. The minimum atomic E-state index is -0.474. The van der Waals surface area contributed by atoms with Crippen LogP contribution in [0.5, 0.6) is 0 Å². The molecule has 1 unspecified atom stereocenters. The Morgan fingerprint density at radius 2 is 1.94 bits per heavy atom. The number of nitrogens with two attached hydrogens (primary N) is 1.